The third-order valence-electron chi connectivity index (χ3n) is 0.469. The first-order chi connectivity index (χ1) is 3.81. The summed E-state index contributed by atoms with van der Waals surface area (Å²) in [4.78, 5) is 0. The van der Waals surface area contributed by atoms with Crippen LogP contribution in [0.15, 0.2) is 0 Å². The largest absolute Gasteiger partial charge is 2.00 e. The van der Waals surface area contributed by atoms with Crippen molar-refractivity contribution in [3.63, 3.8) is 0 Å². The van der Waals surface area contributed by atoms with E-state index in [1.807, 2.05) is 0 Å². The molecule has 0 saturated heterocycles. The first kappa shape index (κ1) is 12.9. The Morgan fingerprint density at radius 1 is 1.33 bits per heavy atom. The molecule has 52 valence electrons. The Morgan fingerprint density at radius 3 is 1.89 bits per heavy atom. The molecule has 9 heavy (non-hydrogen) atoms. The van der Waals surface area contributed by atoms with Crippen LogP contribution in [0.4, 0.5) is 0 Å². The van der Waals surface area contributed by atoms with Gasteiger partial charge in [0.05, 0.1) is 0 Å². The van der Waals surface area contributed by atoms with Gasteiger partial charge in [0.15, 0.2) is 0 Å². The molecule has 0 aliphatic carbocycles. The molecule has 0 aliphatic heterocycles. The molecule has 0 amide bonds. The molecule has 0 saturated carbocycles. The Kier molecular flexibility index (Phi) is 13.3. The minimum absolute atomic E-state index is 0. The van der Waals surface area contributed by atoms with Crippen molar-refractivity contribution < 1.29 is 16.5 Å². The maximum absolute atomic E-state index is 10.3. The standard InChI is InChI=1S/C4H10O3P.Ca.2H/c1-3-6-8(5)7-4-2;;;/h3-4H2,1-2H3;;;/q+1;+2;2*-1. The average molecular weight is 179 g/mol. The van der Waals surface area contributed by atoms with Gasteiger partial charge in [0.2, 0.25) is 0 Å². The fraction of sp³-hybridized carbons (Fsp3) is 1.00. The Balaban J connectivity index is -0.0000000817. The van der Waals surface area contributed by atoms with Gasteiger partial charge in [-0.3, -0.25) is 0 Å². The van der Waals surface area contributed by atoms with Crippen molar-refractivity contribution in [3.8, 4) is 0 Å². The molecule has 5 heteroatoms. The molecule has 0 aromatic rings. The maximum atomic E-state index is 10.3. The summed E-state index contributed by atoms with van der Waals surface area (Å²) in [5.74, 6) is 0. The first-order valence-electron chi connectivity index (χ1n) is 2.54. The maximum Gasteiger partial charge on any atom is 2.00 e. The third kappa shape index (κ3) is 9.28. The average Bonchev–Trinajstić information content (AvgIpc) is 1.68. The normalized spacial score (nSPS) is 8.22. The molecule has 0 radical (unpaired) electrons. The molecule has 0 rings (SSSR count). The predicted molar refractivity (Wildman–Crippen MR) is 38.8 cm³/mol. The van der Waals surface area contributed by atoms with Crippen molar-refractivity contribution in [2.24, 2.45) is 0 Å². The van der Waals surface area contributed by atoms with Crippen molar-refractivity contribution in [3.05, 3.63) is 0 Å². The van der Waals surface area contributed by atoms with Crippen molar-refractivity contribution >= 4 is 46.0 Å². The molecule has 0 N–H and O–H groups in total. The number of hydrogen-bond donors (Lipinski definition) is 0. The molecule has 0 aliphatic rings. The zero-order valence-corrected chi connectivity index (χ0v) is 8.90. The summed E-state index contributed by atoms with van der Waals surface area (Å²) < 4.78 is 19.5. The van der Waals surface area contributed by atoms with Gasteiger partial charge in [0.1, 0.15) is 13.2 Å². The van der Waals surface area contributed by atoms with Gasteiger partial charge < -0.3 is 2.85 Å². The topological polar surface area (TPSA) is 35.5 Å². The van der Waals surface area contributed by atoms with Crippen LogP contribution >= 0.6 is 8.25 Å². The van der Waals surface area contributed by atoms with E-state index >= 15 is 0 Å². The number of rotatable bonds is 4. The smallest absolute Gasteiger partial charge is 1.00 e. The molecule has 0 aromatic carbocycles. The molecule has 0 spiro atoms. The Labute approximate surface area is 89.0 Å². The molecule has 3 nitrogen and oxygen atoms in total. The predicted octanol–water partition coefficient (Wildman–Crippen LogP) is 1.56. The molecule has 0 unspecified atom stereocenters. The van der Waals surface area contributed by atoms with Crippen molar-refractivity contribution in [1.29, 1.82) is 0 Å². The molecular weight excluding hydrogens is 167 g/mol. The molecule has 0 fully saturated rings. The summed E-state index contributed by atoms with van der Waals surface area (Å²) in [5.41, 5.74) is 0. The minimum atomic E-state index is -1.83. The van der Waals surface area contributed by atoms with E-state index in [9.17, 15) is 4.57 Å². The van der Waals surface area contributed by atoms with Crippen LogP contribution in [0.1, 0.15) is 16.7 Å². The van der Waals surface area contributed by atoms with Crippen LogP contribution in [0.2, 0.25) is 0 Å². The quantitative estimate of drug-likeness (QED) is 0.485. The van der Waals surface area contributed by atoms with Gasteiger partial charge in [-0.25, -0.2) is 0 Å². The van der Waals surface area contributed by atoms with Crippen LogP contribution in [0.3, 0.4) is 0 Å². The Morgan fingerprint density at radius 2 is 1.67 bits per heavy atom. The van der Waals surface area contributed by atoms with E-state index < -0.39 is 8.25 Å². The summed E-state index contributed by atoms with van der Waals surface area (Å²) in [6.07, 6.45) is 0. The molecular formula is C4H12CaO3P+. The number of hydrogen-bond acceptors (Lipinski definition) is 3. The van der Waals surface area contributed by atoms with E-state index in [1.54, 1.807) is 13.8 Å². The Bertz CT molecular complexity index is 77.7. The molecule has 0 bridgehead atoms. The van der Waals surface area contributed by atoms with Crippen LogP contribution in [-0.4, -0.2) is 51.0 Å². The van der Waals surface area contributed by atoms with Crippen LogP contribution in [0.5, 0.6) is 0 Å². The van der Waals surface area contributed by atoms with Crippen LogP contribution in [0.25, 0.3) is 0 Å². The van der Waals surface area contributed by atoms with E-state index in [0.717, 1.165) is 0 Å². The van der Waals surface area contributed by atoms with E-state index in [2.05, 4.69) is 9.05 Å². The summed E-state index contributed by atoms with van der Waals surface area (Å²) in [6.45, 7) is 4.42. The second-order valence-corrected chi connectivity index (χ2v) is 2.02. The summed E-state index contributed by atoms with van der Waals surface area (Å²) >= 11 is 0. The molecule has 0 aromatic heterocycles. The minimum Gasteiger partial charge on any atom is -1.00 e. The van der Waals surface area contributed by atoms with Crippen molar-refractivity contribution in [2.45, 2.75) is 13.8 Å². The van der Waals surface area contributed by atoms with Gasteiger partial charge in [-0.1, -0.05) is 0 Å². The SMILES string of the molecule is CCO[P+](=O)OCC.[Ca+2].[H-].[H-]. The Hall–Kier alpha value is 1.28. The second kappa shape index (κ2) is 9.28. The van der Waals surface area contributed by atoms with Gasteiger partial charge in [0.25, 0.3) is 0 Å². The zero-order valence-electron chi connectivity index (χ0n) is 7.79. The third-order valence-corrected chi connectivity index (χ3v) is 1.41. The van der Waals surface area contributed by atoms with Crippen LogP contribution in [-0.2, 0) is 13.6 Å². The second-order valence-electron chi connectivity index (χ2n) is 1.06. The van der Waals surface area contributed by atoms with Crippen molar-refractivity contribution in [1.82, 2.24) is 0 Å². The van der Waals surface area contributed by atoms with Gasteiger partial charge in [-0.15, -0.1) is 9.05 Å². The zero-order chi connectivity index (χ0) is 6.41. The first-order valence-corrected chi connectivity index (χ1v) is 3.63. The van der Waals surface area contributed by atoms with E-state index in [-0.39, 0.29) is 40.6 Å². The van der Waals surface area contributed by atoms with Crippen LogP contribution in [0, 0.1) is 0 Å². The molecule has 0 heterocycles. The summed E-state index contributed by atoms with van der Waals surface area (Å²) in [6, 6.07) is 0. The van der Waals surface area contributed by atoms with Crippen molar-refractivity contribution in [2.75, 3.05) is 13.2 Å². The van der Waals surface area contributed by atoms with Gasteiger partial charge >= 0.3 is 46.0 Å². The fourth-order valence-electron chi connectivity index (χ4n) is 0.248. The van der Waals surface area contributed by atoms with E-state index in [4.69, 9.17) is 0 Å². The summed E-state index contributed by atoms with van der Waals surface area (Å²) in [7, 11) is -1.83. The summed E-state index contributed by atoms with van der Waals surface area (Å²) in [5, 5.41) is 0. The van der Waals surface area contributed by atoms with E-state index in [1.165, 1.54) is 0 Å². The van der Waals surface area contributed by atoms with E-state index in [0.29, 0.717) is 13.2 Å². The van der Waals surface area contributed by atoms with Gasteiger partial charge in [-0.2, -0.15) is 0 Å². The van der Waals surface area contributed by atoms with Crippen LogP contribution < -0.4 is 0 Å². The molecule has 0 atom stereocenters. The monoisotopic (exact) mass is 179 g/mol. The van der Waals surface area contributed by atoms with Gasteiger partial charge in [-0.05, 0) is 13.8 Å². The van der Waals surface area contributed by atoms with Gasteiger partial charge in [0, 0.05) is 4.57 Å². The fourth-order valence-corrected chi connectivity index (χ4v) is 0.744.